The van der Waals surface area contributed by atoms with Crippen LogP contribution in [-0.2, 0) is 0 Å². The Bertz CT molecular complexity index is 774. The van der Waals surface area contributed by atoms with E-state index in [1.165, 1.54) is 39.3 Å². The van der Waals surface area contributed by atoms with E-state index in [1.54, 1.807) is 0 Å². The summed E-state index contributed by atoms with van der Waals surface area (Å²) in [6.07, 6.45) is 10.5. The molecular formula is C20H24N2ORa. The van der Waals surface area contributed by atoms with Crippen LogP contribution in [0.5, 0.6) is 0 Å². The van der Waals surface area contributed by atoms with E-state index in [-0.39, 0.29) is 5.91 Å². The molecule has 4 saturated carbocycles. The minimum atomic E-state index is 0.118. The Morgan fingerprint density at radius 2 is 1.79 bits per heavy atom. The van der Waals surface area contributed by atoms with Gasteiger partial charge in [0, 0.05) is 0 Å². The van der Waals surface area contributed by atoms with Gasteiger partial charge in [0.15, 0.2) is 0 Å². The second-order valence-electron chi connectivity index (χ2n) is 8.75. The van der Waals surface area contributed by atoms with Crippen molar-refractivity contribution in [1.29, 1.82) is 0 Å². The first-order chi connectivity index (χ1) is 11.6. The number of pyridine rings is 1. The number of rotatable bonds is 3. The van der Waals surface area contributed by atoms with Gasteiger partial charge in [-0.1, -0.05) is 0 Å². The second-order valence-corrected chi connectivity index (χ2v) is 13.0. The molecule has 2 heterocycles. The van der Waals surface area contributed by atoms with Crippen LogP contribution in [0.3, 0.4) is 0 Å². The van der Waals surface area contributed by atoms with Crippen molar-refractivity contribution in [3.63, 3.8) is 0 Å². The molecule has 4 aliphatic carbocycles. The number of nitrogens with one attached hydrogen (secondary N) is 1. The zero-order chi connectivity index (χ0) is 16.3. The molecule has 0 aliphatic heterocycles. The van der Waals surface area contributed by atoms with Crippen molar-refractivity contribution in [2.24, 2.45) is 23.2 Å². The zero-order valence-corrected chi connectivity index (χ0v) is 22.6. The fraction of sp³-hybridized carbons (Fsp3) is 0.550. The molecule has 0 saturated heterocycles. The molecule has 0 spiro atoms. The van der Waals surface area contributed by atoms with Crippen molar-refractivity contribution in [3.05, 3.63) is 36.0 Å². The van der Waals surface area contributed by atoms with Gasteiger partial charge in [-0.25, -0.2) is 0 Å². The molecule has 122 valence electrons. The van der Waals surface area contributed by atoms with Crippen molar-refractivity contribution >= 4 is 12.2 Å². The van der Waals surface area contributed by atoms with E-state index in [1.807, 2.05) is 12.1 Å². The molecule has 2 aromatic rings. The Labute approximate surface area is 172 Å². The number of carbonyl (C=O) groups excluding carboxylic acids is 1. The van der Waals surface area contributed by atoms with E-state index in [2.05, 4.69) is 28.0 Å². The molecule has 0 unspecified atom stereocenters. The summed E-state index contributed by atoms with van der Waals surface area (Å²) >= 11 is 0.292. The Morgan fingerprint density at radius 3 is 2.46 bits per heavy atom. The molecule has 0 aromatic carbocycles. The Hall–Kier alpha value is -0.302. The topological polar surface area (TPSA) is 33.5 Å². The third-order valence-corrected chi connectivity index (χ3v) is 10.3. The van der Waals surface area contributed by atoms with Gasteiger partial charge >= 0.3 is 174 Å². The van der Waals surface area contributed by atoms with Crippen molar-refractivity contribution < 1.29 is 47.6 Å². The van der Waals surface area contributed by atoms with Gasteiger partial charge in [0.25, 0.3) is 0 Å². The summed E-state index contributed by atoms with van der Waals surface area (Å²) in [4.78, 5) is 12.9. The van der Waals surface area contributed by atoms with Gasteiger partial charge in [-0.05, 0) is 0 Å². The average molecular weight is 534 g/mol. The van der Waals surface area contributed by atoms with Crippen molar-refractivity contribution in [1.82, 2.24) is 9.72 Å². The monoisotopic (exact) mass is 534 g/mol. The van der Waals surface area contributed by atoms with Crippen molar-refractivity contribution in [2.45, 2.75) is 38.5 Å². The van der Waals surface area contributed by atoms with Crippen LogP contribution < -0.4 is 6.05 Å². The zero-order valence-electron chi connectivity index (χ0n) is 14.4. The van der Waals surface area contributed by atoms with Gasteiger partial charge in [0.2, 0.25) is 0 Å². The summed E-state index contributed by atoms with van der Waals surface area (Å²) in [5, 5.41) is 3.32. The van der Waals surface area contributed by atoms with E-state index in [9.17, 15) is 4.79 Å². The molecule has 2 aromatic heterocycles. The van der Waals surface area contributed by atoms with Crippen molar-refractivity contribution in [2.75, 3.05) is 6.54 Å². The van der Waals surface area contributed by atoms with Crippen LogP contribution in [0.25, 0.3) is 5.52 Å². The molecule has 4 aliphatic rings. The predicted molar refractivity (Wildman–Crippen MR) is 91.4 cm³/mol. The summed E-state index contributed by atoms with van der Waals surface area (Å²) in [7, 11) is 0. The van der Waals surface area contributed by atoms with Crippen molar-refractivity contribution in [3.8, 4) is 0 Å². The SMILES string of the molecule is O=C(NCC12CC3CC(CC(C3)C1)C2)c1cccn2[c]([RaH])ccc12. The summed E-state index contributed by atoms with van der Waals surface area (Å²) < 4.78 is 3.60. The maximum atomic E-state index is 12.9. The number of hydrogen-bond acceptors (Lipinski definition) is 1. The third kappa shape index (κ3) is 2.61. The summed E-state index contributed by atoms with van der Waals surface area (Å²) in [5.74, 6) is 2.95. The van der Waals surface area contributed by atoms with E-state index in [0.717, 1.165) is 35.4 Å². The Kier molecular flexibility index (Phi) is 3.89. The number of aromatic nitrogens is 1. The fourth-order valence-electron chi connectivity index (χ4n) is 6.34. The number of nitrogens with zero attached hydrogens (tertiary/aromatic N) is 1. The third-order valence-electron chi connectivity index (χ3n) is 6.93. The summed E-state index contributed by atoms with van der Waals surface area (Å²) in [6, 6.07) is 8.27. The number of fused-ring (bicyclic) bond motifs is 1. The van der Waals surface area contributed by atoms with Gasteiger partial charge in [-0.2, -0.15) is 0 Å². The van der Waals surface area contributed by atoms with Gasteiger partial charge < -0.3 is 0 Å². The van der Waals surface area contributed by atoms with Crippen LogP contribution in [0, 0.1) is 66.0 Å². The molecule has 4 fully saturated rings. The number of amides is 1. The molecule has 24 heavy (non-hydrogen) atoms. The van der Waals surface area contributed by atoms with Crippen LogP contribution in [0.15, 0.2) is 30.5 Å². The predicted octanol–water partition coefficient (Wildman–Crippen LogP) is 2.79. The van der Waals surface area contributed by atoms with Crippen LogP contribution >= 0.6 is 0 Å². The number of carbonyl (C=O) groups is 1. The molecular weight excluding hydrogens is 510 g/mol. The van der Waals surface area contributed by atoms with Gasteiger partial charge in [0.05, 0.1) is 0 Å². The van der Waals surface area contributed by atoms with Gasteiger partial charge in [-0.3, -0.25) is 0 Å². The van der Waals surface area contributed by atoms with Crippen LogP contribution in [-0.4, -0.2) is 16.9 Å². The second kappa shape index (κ2) is 5.86. The molecule has 1 amide bonds. The average Bonchev–Trinajstić information content (AvgIpc) is 2.93. The molecule has 1 N–H and O–H groups in total. The van der Waals surface area contributed by atoms with Crippen LogP contribution in [0.2, 0.25) is 0 Å². The molecule has 6 rings (SSSR count). The molecule has 4 heteroatoms. The molecule has 0 radical (unpaired) electrons. The van der Waals surface area contributed by atoms with Gasteiger partial charge in [-0.15, -0.1) is 0 Å². The van der Waals surface area contributed by atoms with E-state index < -0.39 is 0 Å². The van der Waals surface area contributed by atoms with Gasteiger partial charge in [0.1, 0.15) is 0 Å². The molecule has 0 atom stereocenters. The quantitative estimate of drug-likeness (QED) is 0.646. The Morgan fingerprint density at radius 1 is 1.12 bits per heavy atom. The summed E-state index contributed by atoms with van der Waals surface area (Å²) in [5.41, 5.74) is 2.31. The van der Waals surface area contributed by atoms with E-state index in [4.69, 9.17) is 0 Å². The molecule has 4 bridgehead atoms. The first-order valence-electron chi connectivity index (χ1n) is 9.47. The summed E-state index contributed by atoms with van der Waals surface area (Å²) in [6.45, 7) is 0.885. The maximum absolute atomic E-state index is 12.9. The first-order valence-corrected chi connectivity index (χ1v) is 13.6. The fourth-order valence-corrected chi connectivity index (χ4v) is 8.63. The van der Waals surface area contributed by atoms with E-state index in [0.29, 0.717) is 48.2 Å². The Balaban J connectivity index is 1.36. The van der Waals surface area contributed by atoms with Crippen LogP contribution in [0.1, 0.15) is 48.9 Å². The minimum absolute atomic E-state index is 0.118. The normalized spacial score (nSPS) is 33.9. The van der Waals surface area contributed by atoms with Crippen LogP contribution in [0.4, 0.5) is 0 Å². The molecule has 3 nitrogen and oxygen atoms in total. The number of hydrogen-bond donors (Lipinski definition) is 1. The first kappa shape index (κ1) is 15.9. The van der Waals surface area contributed by atoms with E-state index >= 15 is 0 Å². The standard InChI is InChI=1S/C20H23N2O.Ra.H/c23-19(17-3-1-5-22-6-2-4-18(17)22)21-13-20-10-14-7-15(11-20)9-16(8-14)12-20;;/h1-5,14-16H,7-13H2,(H,21,23);;.